The molecule has 1 aromatic carbocycles. The zero-order valence-corrected chi connectivity index (χ0v) is 18.1. The molecule has 0 bridgehead atoms. The number of primary amides is 1. The molecule has 0 saturated carbocycles. The summed E-state index contributed by atoms with van der Waals surface area (Å²) in [5.74, 6) is 0.118. The minimum atomic E-state index is -0.583. The second-order valence-electron chi connectivity index (χ2n) is 6.67. The Kier molecular flexibility index (Phi) is 6.71. The molecule has 152 valence electrons. The molecule has 0 aliphatic carbocycles. The lowest BCUT2D eigenvalue weighted by Gasteiger charge is -2.13. The lowest BCUT2D eigenvalue weighted by atomic mass is 10.1. The van der Waals surface area contributed by atoms with E-state index < -0.39 is 5.91 Å². The van der Waals surface area contributed by atoms with Crippen molar-refractivity contribution >= 4 is 40.6 Å². The fraction of sp³-hybridized carbons (Fsp3) is 0.300. The molecule has 3 aromatic rings. The Bertz CT molecular complexity index is 1030. The van der Waals surface area contributed by atoms with Gasteiger partial charge in [0.25, 0.3) is 5.91 Å². The number of amides is 2. The Morgan fingerprint density at radius 2 is 2.03 bits per heavy atom. The molecule has 0 aliphatic rings. The average molecular weight is 430 g/mol. The van der Waals surface area contributed by atoms with Crippen LogP contribution in [0.3, 0.4) is 0 Å². The van der Waals surface area contributed by atoms with Gasteiger partial charge in [-0.05, 0) is 38.5 Å². The molecule has 0 aliphatic heterocycles. The Morgan fingerprint density at radius 3 is 2.69 bits per heavy atom. The standard InChI is InChI=1S/C20H23N5O2S2/c1-4-14-9-13(10-28-14)19-23-24-20(25(19)12(2)3)29-11-17(26)22-16-8-6-5-7-15(16)18(21)27/h5-10,12H,4,11H2,1-3H3,(H2,21,27)(H,22,26). The number of hydrogen-bond donors (Lipinski definition) is 2. The summed E-state index contributed by atoms with van der Waals surface area (Å²) >= 11 is 3.02. The van der Waals surface area contributed by atoms with E-state index >= 15 is 0 Å². The quantitative estimate of drug-likeness (QED) is 0.527. The van der Waals surface area contributed by atoms with Gasteiger partial charge in [-0.2, -0.15) is 0 Å². The van der Waals surface area contributed by atoms with Crippen molar-refractivity contribution in [1.29, 1.82) is 0 Å². The Balaban J connectivity index is 1.74. The number of para-hydroxylation sites is 1. The molecule has 29 heavy (non-hydrogen) atoms. The van der Waals surface area contributed by atoms with Crippen LogP contribution in [0.15, 0.2) is 40.9 Å². The van der Waals surface area contributed by atoms with Gasteiger partial charge in [0, 0.05) is 21.9 Å². The number of benzene rings is 1. The van der Waals surface area contributed by atoms with Gasteiger partial charge in [0.05, 0.1) is 17.0 Å². The van der Waals surface area contributed by atoms with Crippen molar-refractivity contribution in [3.8, 4) is 11.4 Å². The molecule has 2 amide bonds. The molecule has 0 atom stereocenters. The van der Waals surface area contributed by atoms with Crippen LogP contribution in [0.25, 0.3) is 11.4 Å². The molecule has 0 saturated heterocycles. The average Bonchev–Trinajstić information content (AvgIpc) is 3.33. The van der Waals surface area contributed by atoms with Gasteiger partial charge in [0.15, 0.2) is 11.0 Å². The molecule has 7 nitrogen and oxygen atoms in total. The van der Waals surface area contributed by atoms with E-state index in [1.165, 1.54) is 16.6 Å². The smallest absolute Gasteiger partial charge is 0.250 e. The lowest BCUT2D eigenvalue weighted by Crippen LogP contribution is -2.19. The zero-order valence-electron chi connectivity index (χ0n) is 16.5. The number of carbonyl (C=O) groups excluding carboxylic acids is 2. The first-order chi connectivity index (χ1) is 13.9. The highest BCUT2D eigenvalue weighted by Crippen LogP contribution is 2.30. The summed E-state index contributed by atoms with van der Waals surface area (Å²) in [6, 6.07) is 8.95. The summed E-state index contributed by atoms with van der Waals surface area (Å²) in [4.78, 5) is 25.2. The van der Waals surface area contributed by atoms with Gasteiger partial charge in [-0.3, -0.25) is 14.2 Å². The first-order valence-electron chi connectivity index (χ1n) is 9.24. The van der Waals surface area contributed by atoms with Crippen molar-refractivity contribution < 1.29 is 9.59 Å². The first-order valence-corrected chi connectivity index (χ1v) is 11.1. The van der Waals surface area contributed by atoms with Crippen LogP contribution in [-0.2, 0) is 11.2 Å². The third-order valence-electron chi connectivity index (χ3n) is 4.24. The second kappa shape index (κ2) is 9.23. The SMILES string of the molecule is CCc1cc(-c2nnc(SCC(=O)Nc3ccccc3C(N)=O)n2C(C)C)cs1. The molecular formula is C20H23N5O2S2. The van der Waals surface area contributed by atoms with E-state index in [1.54, 1.807) is 35.6 Å². The molecular weight excluding hydrogens is 406 g/mol. The van der Waals surface area contributed by atoms with Crippen molar-refractivity contribution in [1.82, 2.24) is 14.8 Å². The fourth-order valence-electron chi connectivity index (χ4n) is 2.84. The number of nitrogens with zero attached hydrogens (tertiary/aromatic N) is 3. The highest BCUT2D eigenvalue weighted by atomic mass is 32.2. The Morgan fingerprint density at radius 1 is 1.28 bits per heavy atom. The number of thioether (sulfide) groups is 1. The van der Waals surface area contributed by atoms with Crippen LogP contribution in [0.4, 0.5) is 5.69 Å². The molecule has 3 rings (SSSR count). The summed E-state index contributed by atoms with van der Waals surface area (Å²) in [6.07, 6.45) is 0.981. The molecule has 0 spiro atoms. The molecule has 2 aromatic heterocycles. The number of anilines is 1. The third-order valence-corrected chi connectivity index (χ3v) is 6.26. The summed E-state index contributed by atoms with van der Waals surface area (Å²) in [7, 11) is 0. The largest absolute Gasteiger partial charge is 0.366 e. The number of rotatable bonds is 8. The van der Waals surface area contributed by atoms with Gasteiger partial charge in [-0.1, -0.05) is 30.8 Å². The van der Waals surface area contributed by atoms with Crippen LogP contribution in [-0.4, -0.2) is 32.3 Å². The Hall–Kier alpha value is -2.65. The minimum Gasteiger partial charge on any atom is -0.366 e. The fourth-order valence-corrected chi connectivity index (χ4v) is 4.53. The van der Waals surface area contributed by atoms with Crippen LogP contribution in [0.1, 0.15) is 42.0 Å². The number of carbonyl (C=O) groups is 2. The number of nitrogens with one attached hydrogen (secondary N) is 1. The van der Waals surface area contributed by atoms with Crippen LogP contribution < -0.4 is 11.1 Å². The maximum absolute atomic E-state index is 12.4. The molecule has 0 unspecified atom stereocenters. The van der Waals surface area contributed by atoms with Crippen LogP contribution >= 0.6 is 23.1 Å². The van der Waals surface area contributed by atoms with Crippen LogP contribution in [0.2, 0.25) is 0 Å². The van der Waals surface area contributed by atoms with Crippen molar-refractivity contribution in [3.05, 3.63) is 46.2 Å². The van der Waals surface area contributed by atoms with Gasteiger partial charge in [0.2, 0.25) is 5.91 Å². The van der Waals surface area contributed by atoms with E-state index in [1.807, 2.05) is 4.57 Å². The number of hydrogen-bond acceptors (Lipinski definition) is 6. The molecule has 0 radical (unpaired) electrons. The van der Waals surface area contributed by atoms with Crippen molar-refractivity contribution in [3.63, 3.8) is 0 Å². The van der Waals surface area contributed by atoms with Gasteiger partial charge in [0.1, 0.15) is 0 Å². The van der Waals surface area contributed by atoms with Gasteiger partial charge in [-0.15, -0.1) is 21.5 Å². The summed E-state index contributed by atoms with van der Waals surface area (Å²) in [5, 5.41) is 14.2. The van der Waals surface area contributed by atoms with E-state index in [9.17, 15) is 9.59 Å². The third kappa shape index (κ3) is 4.86. The van der Waals surface area contributed by atoms with Crippen molar-refractivity contribution in [2.75, 3.05) is 11.1 Å². The predicted octanol–water partition coefficient (Wildman–Crippen LogP) is 3.98. The van der Waals surface area contributed by atoms with E-state index in [2.05, 4.69) is 47.7 Å². The number of aryl methyl sites for hydroxylation is 1. The van der Waals surface area contributed by atoms with Crippen LogP contribution in [0, 0.1) is 0 Å². The molecule has 0 fully saturated rings. The first kappa shape index (κ1) is 21.1. The minimum absolute atomic E-state index is 0.141. The summed E-state index contributed by atoms with van der Waals surface area (Å²) in [6.45, 7) is 6.25. The number of thiophene rings is 1. The Labute approximate surface area is 177 Å². The maximum atomic E-state index is 12.4. The number of aromatic nitrogens is 3. The van der Waals surface area contributed by atoms with E-state index in [0.717, 1.165) is 17.8 Å². The predicted molar refractivity (Wildman–Crippen MR) is 117 cm³/mol. The topological polar surface area (TPSA) is 103 Å². The maximum Gasteiger partial charge on any atom is 0.250 e. The van der Waals surface area contributed by atoms with Crippen molar-refractivity contribution in [2.45, 2.75) is 38.4 Å². The molecule has 3 N–H and O–H groups in total. The van der Waals surface area contributed by atoms with E-state index in [-0.39, 0.29) is 23.3 Å². The van der Waals surface area contributed by atoms with Gasteiger partial charge < -0.3 is 11.1 Å². The lowest BCUT2D eigenvalue weighted by molar-refractivity contribution is -0.113. The van der Waals surface area contributed by atoms with Crippen molar-refractivity contribution in [2.24, 2.45) is 5.73 Å². The van der Waals surface area contributed by atoms with E-state index in [0.29, 0.717) is 10.8 Å². The molecule has 9 heteroatoms. The number of nitrogens with two attached hydrogens (primary N) is 1. The summed E-state index contributed by atoms with van der Waals surface area (Å²) in [5.41, 5.74) is 7.09. The highest BCUT2D eigenvalue weighted by molar-refractivity contribution is 7.99. The highest BCUT2D eigenvalue weighted by Gasteiger charge is 2.19. The second-order valence-corrected chi connectivity index (χ2v) is 8.61. The normalized spacial score (nSPS) is 11.0. The van der Waals surface area contributed by atoms with Gasteiger partial charge in [-0.25, -0.2) is 0 Å². The monoisotopic (exact) mass is 429 g/mol. The van der Waals surface area contributed by atoms with Gasteiger partial charge >= 0.3 is 0 Å². The zero-order chi connectivity index (χ0) is 21.0. The van der Waals surface area contributed by atoms with E-state index in [4.69, 9.17) is 5.73 Å². The molecule has 2 heterocycles. The van der Waals surface area contributed by atoms with Crippen LogP contribution in [0.5, 0.6) is 0 Å². The summed E-state index contributed by atoms with van der Waals surface area (Å²) < 4.78 is 2.04.